The number of hydrogen-bond donors (Lipinski definition) is 2. The number of aromatic nitrogens is 1. The highest BCUT2D eigenvalue weighted by molar-refractivity contribution is 9.10. The van der Waals surface area contributed by atoms with Crippen LogP contribution in [0.4, 0.5) is 11.5 Å². The summed E-state index contributed by atoms with van der Waals surface area (Å²) in [6.07, 6.45) is 0. The summed E-state index contributed by atoms with van der Waals surface area (Å²) < 4.78 is 1.08. The zero-order chi connectivity index (χ0) is 14.9. The van der Waals surface area contributed by atoms with Gasteiger partial charge < -0.3 is 10.4 Å². The average molecular weight is 335 g/mol. The lowest BCUT2D eigenvalue weighted by Crippen LogP contribution is -2.02. The van der Waals surface area contributed by atoms with Crippen molar-refractivity contribution in [1.82, 2.24) is 4.98 Å². The second kappa shape index (κ2) is 5.63. The van der Waals surface area contributed by atoms with Crippen LogP contribution < -0.4 is 5.32 Å². The van der Waals surface area contributed by atoms with Crippen molar-refractivity contribution in [2.24, 2.45) is 0 Å². The largest absolute Gasteiger partial charge is 0.478 e. The van der Waals surface area contributed by atoms with E-state index in [1.807, 2.05) is 26.0 Å². The molecule has 2 rings (SSSR count). The standard InChI is InChI=1S/C15H15BrN2O2/c1-8-4-12(5-9(2)14(8)16)18-13-7-11(15(19)20)6-10(3)17-13/h4-7H,1-3H3,(H,17,18)(H,19,20). The van der Waals surface area contributed by atoms with Gasteiger partial charge in [0, 0.05) is 15.9 Å². The highest BCUT2D eigenvalue weighted by Crippen LogP contribution is 2.26. The Morgan fingerprint density at radius 3 is 2.30 bits per heavy atom. The molecule has 0 radical (unpaired) electrons. The predicted molar refractivity (Wildman–Crippen MR) is 82.8 cm³/mol. The predicted octanol–water partition coefficient (Wildman–Crippen LogP) is 4.21. The van der Waals surface area contributed by atoms with Crippen molar-refractivity contribution < 1.29 is 9.90 Å². The smallest absolute Gasteiger partial charge is 0.335 e. The molecule has 1 aromatic carbocycles. The number of hydrogen-bond acceptors (Lipinski definition) is 3. The number of carboxylic acids is 1. The molecule has 0 atom stereocenters. The van der Waals surface area contributed by atoms with E-state index in [0.717, 1.165) is 21.3 Å². The van der Waals surface area contributed by atoms with Crippen molar-refractivity contribution in [2.75, 3.05) is 5.32 Å². The molecule has 5 heteroatoms. The third-order valence-corrected chi connectivity index (χ3v) is 4.16. The lowest BCUT2D eigenvalue weighted by atomic mass is 10.1. The number of carbonyl (C=O) groups is 1. The first-order valence-corrected chi connectivity index (χ1v) is 6.92. The Labute approximate surface area is 126 Å². The Balaban J connectivity index is 2.37. The minimum atomic E-state index is -0.957. The molecular weight excluding hydrogens is 320 g/mol. The number of benzene rings is 1. The molecule has 2 aromatic rings. The molecule has 0 bridgehead atoms. The molecule has 0 aliphatic carbocycles. The van der Waals surface area contributed by atoms with E-state index in [1.165, 1.54) is 6.07 Å². The number of halogens is 1. The van der Waals surface area contributed by atoms with E-state index in [9.17, 15) is 4.79 Å². The van der Waals surface area contributed by atoms with Gasteiger partial charge in [-0.2, -0.15) is 0 Å². The second-order valence-corrected chi connectivity index (χ2v) is 5.53. The lowest BCUT2D eigenvalue weighted by molar-refractivity contribution is 0.0696. The maximum atomic E-state index is 11.0. The van der Waals surface area contributed by atoms with Crippen LogP contribution in [0.1, 0.15) is 27.2 Å². The van der Waals surface area contributed by atoms with Crippen LogP contribution in [0, 0.1) is 20.8 Å². The highest BCUT2D eigenvalue weighted by Gasteiger charge is 2.08. The van der Waals surface area contributed by atoms with Gasteiger partial charge in [-0.3, -0.25) is 0 Å². The minimum absolute atomic E-state index is 0.227. The lowest BCUT2D eigenvalue weighted by Gasteiger charge is -2.11. The van der Waals surface area contributed by atoms with E-state index >= 15 is 0 Å². The zero-order valence-electron chi connectivity index (χ0n) is 11.5. The molecule has 0 aliphatic heterocycles. The van der Waals surface area contributed by atoms with Gasteiger partial charge in [0.25, 0.3) is 0 Å². The van der Waals surface area contributed by atoms with Crippen LogP contribution in [0.25, 0.3) is 0 Å². The summed E-state index contributed by atoms with van der Waals surface area (Å²) in [5.41, 5.74) is 4.00. The first kappa shape index (κ1) is 14.5. The van der Waals surface area contributed by atoms with Crippen molar-refractivity contribution in [3.8, 4) is 0 Å². The van der Waals surface area contributed by atoms with Crippen LogP contribution in [0.3, 0.4) is 0 Å². The number of pyridine rings is 1. The van der Waals surface area contributed by atoms with Crippen molar-refractivity contribution in [2.45, 2.75) is 20.8 Å². The summed E-state index contributed by atoms with van der Waals surface area (Å²) in [6, 6.07) is 7.05. The number of carboxylic acid groups (broad SMARTS) is 1. The number of anilines is 2. The maximum absolute atomic E-state index is 11.0. The fourth-order valence-corrected chi connectivity index (χ4v) is 2.25. The van der Waals surface area contributed by atoms with E-state index in [1.54, 1.807) is 13.0 Å². The zero-order valence-corrected chi connectivity index (χ0v) is 13.1. The van der Waals surface area contributed by atoms with Gasteiger partial charge in [-0.1, -0.05) is 15.9 Å². The van der Waals surface area contributed by atoms with E-state index in [4.69, 9.17) is 5.11 Å². The first-order chi connectivity index (χ1) is 9.36. The molecule has 0 spiro atoms. The Kier molecular flexibility index (Phi) is 4.09. The molecule has 2 N–H and O–H groups in total. The van der Waals surface area contributed by atoms with Gasteiger partial charge in [0.05, 0.1) is 5.56 Å². The third kappa shape index (κ3) is 3.17. The Hall–Kier alpha value is -1.88. The number of nitrogens with zero attached hydrogens (tertiary/aromatic N) is 1. The Morgan fingerprint density at radius 1 is 1.15 bits per heavy atom. The summed E-state index contributed by atoms with van der Waals surface area (Å²) in [5, 5.41) is 12.2. The molecule has 0 aliphatic rings. The first-order valence-electron chi connectivity index (χ1n) is 6.12. The number of rotatable bonds is 3. The van der Waals surface area contributed by atoms with Crippen LogP contribution in [0.15, 0.2) is 28.7 Å². The van der Waals surface area contributed by atoms with Crippen molar-refractivity contribution in [1.29, 1.82) is 0 Å². The van der Waals surface area contributed by atoms with Gasteiger partial charge in [-0.05, 0) is 56.2 Å². The van der Waals surface area contributed by atoms with Crippen molar-refractivity contribution >= 4 is 33.4 Å². The van der Waals surface area contributed by atoms with E-state index in [2.05, 4.69) is 26.2 Å². The average Bonchev–Trinajstić information content (AvgIpc) is 2.35. The summed E-state index contributed by atoms with van der Waals surface area (Å²) in [6.45, 7) is 5.79. The topological polar surface area (TPSA) is 62.2 Å². The van der Waals surface area contributed by atoms with Gasteiger partial charge in [0.2, 0.25) is 0 Å². The van der Waals surface area contributed by atoms with Gasteiger partial charge in [-0.15, -0.1) is 0 Å². The molecule has 4 nitrogen and oxygen atoms in total. The second-order valence-electron chi connectivity index (χ2n) is 4.74. The van der Waals surface area contributed by atoms with Crippen LogP contribution in [-0.2, 0) is 0 Å². The summed E-state index contributed by atoms with van der Waals surface area (Å²) in [7, 11) is 0. The van der Waals surface area contributed by atoms with Crippen LogP contribution in [-0.4, -0.2) is 16.1 Å². The quantitative estimate of drug-likeness (QED) is 0.882. The molecule has 20 heavy (non-hydrogen) atoms. The monoisotopic (exact) mass is 334 g/mol. The molecule has 104 valence electrons. The van der Waals surface area contributed by atoms with Crippen LogP contribution in [0.2, 0.25) is 0 Å². The number of aromatic carboxylic acids is 1. The fraction of sp³-hybridized carbons (Fsp3) is 0.200. The Morgan fingerprint density at radius 2 is 1.75 bits per heavy atom. The molecular formula is C15H15BrN2O2. The maximum Gasteiger partial charge on any atom is 0.335 e. The Bertz CT molecular complexity index is 661. The van der Waals surface area contributed by atoms with E-state index in [0.29, 0.717) is 11.5 Å². The van der Waals surface area contributed by atoms with Gasteiger partial charge in [0.15, 0.2) is 0 Å². The molecule has 0 fully saturated rings. The summed E-state index contributed by atoms with van der Waals surface area (Å²) >= 11 is 3.52. The van der Waals surface area contributed by atoms with Gasteiger partial charge in [-0.25, -0.2) is 9.78 Å². The molecule has 0 unspecified atom stereocenters. The van der Waals surface area contributed by atoms with Crippen molar-refractivity contribution in [3.05, 3.63) is 51.1 Å². The fourth-order valence-electron chi connectivity index (χ4n) is 2.02. The van der Waals surface area contributed by atoms with E-state index in [-0.39, 0.29) is 5.56 Å². The summed E-state index contributed by atoms with van der Waals surface area (Å²) in [4.78, 5) is 15.4. The molecule has 0 saturated carbocycles. The third-order valence-electron chi connectivity index (χ3n) is 2.91. The molecule has 0 saturated heterocycles. The van der Waals surface area contributed by atoms with Gasteiger partial charge >= 0.3 is 5.97 Å². The van der Waals surface area contributed by atoms with Gasteiger partial charge in [0.1, 0.15) is 5.82 Å². The normalized spacial score (nSPS) is 10.4. The van der Waals surface area contributed by atoms with Crippen LogP contribution in [0.5, 0.6) is 0 Å². The molecule has 1 heterocycles. The minimum Gasteiger partial charge on any atom is -0.478 e. The van der Waals surface area contributed by atoms with Crippen LogP contribution >= 0.6 is 15.9 Å². The van der Waals surface area contributed by atoms with Crippen molar-refractivity contribution in [3.63, 3.8) is 0 Å². The number of aryl methyl sites for hydroxylation is 3. The SMILES string of the molecule is Cc1cc(C(=O)O)cc(Nc2cc(C)c(Br)c(C)c2)n1. The summed E-state index contributed by atoms with van der Waals surface area (Å²) in [5.74, 6) is -0.426. The molecule has 1 aromatic heterocycles. The number of nitrogens with one attached hydrogen (secondary N) is 1. The van der Waals surface area contributed by atoms with E-state index < -0.39 is 5.97 Å². The highest BCUT2D eigenvalue weighted by atomic mass is 79.9. The molecule has 0 amide bonds.